The number of carbonyl (C=O) groups is 3. The number of hydrogen-bond donors (Lipinski definition) is 2. The molecule has 1 aromatic carbocycles. The molecule has 2 N–H and O–H groups in total. The smallest absolute Gasteiger partial charge is 0.255 e. The summed E-state index contributed by atoms with van der Waals surface area (Å²) in [6, 6.07) is 5.36. The van der Waals surface area contributed by atoms with Crippen molar-refractivity contribution in [3.63, 3.8) is 0 Å². The Labute approximate surface area is 211 Å². The van der Waals surface area contributed by atoms with Gasteiger partial charge in [0.2, 0.25) is 11.8 Å². The van der Waals surface area contributed by atoms with E-state index in [4.69, 9.17) is 0 Å². The minimum Gasteiger partial charge on any atom is -0.322 e. The van der Waals surface area contributed by atoms with Gasteiger partial charge in [-0.1, -0.05) is 18.9 Å². The van der Waals surface area contributed by atoms with E-state index in [9.17, 15) is 14.4 Å². The fraction of sp³-hybridized carbons (Fsp3) is 0.679. The number of nitrogens with zero attached hydrogens (tertiary/aromatic N) is 1. The van der Waals surface area contributed by atoms with Gasteiger partial charge in [0.1, 0.15) is 6.04 Å². The van der Waals surface area contributed by atoms with Gasteiger partial charge in [0.15, 0.2) is 0 Å². The first-order valence-corrected chi connectivity index (χ1v) is 14.7. The Morgan fingerprint density at radius 3 is 2.57 bits per heavy atom. The summed E-state index contributed by atoms with van der Waals surface area (Å²) < 4.78 is 0. The molecule has 6 nitrogen and oxygen atoms in total. The highest BCUT2D eigenvalue weighted by atomic mass is 32.2. The number of benzene rings is 1. The van der Waals surface area contributed by atoms with Crippen LogP contribution < -0.4 is 10.6 Å². The number of rotatable bonds is 10. The van der Waals surface area contributed by atoms with Crippen molar-refractivity contribution in [1.82, 2.24) is 15.5 Å². The molecule has 0 radical (unpaired) electrons. The van der Waals surface area contributed by atoms with Crippen LogP contribution in [-0.2, 0) is 16.1 Å². The van der Waals surface area contributed by atoms with Gasteiger partial charge in [-0.05, 0) is 98.1 Å². The Bertz CT molecular complexity index is 1080. The van der Waals surface area contributed by atoms with Crippen molar-refractivity contribution in [3.05, 3.63) is 29.3 Å². The minimum absolute atomic E-state index is 0.0888. The zero-order chi connectivity index (χ0) is 23.8. The highest BCUT2D eigenvalue weighted by molar-refractivity contribution is 7.99. The lowest BCUT2D eigenvalue weighted by molar-refractivity contribution is -0.397. The van der Waals surface area contributed by atoms with E-state index >= 15 is 0 Å². The van der Waals surface area contributed by atoms with Gasteiger partial charge in [0, 0.05) is 29.0 Å². The van der Waals surface area contributed by atoms with Crippen molar-refractivity contribution in [2.24, 2.45) is 23.2 Å². The average Bonchev–Trinajstić information content (AvgIpc) is 3.12. The first-order chi connectivity index (χ1) is 17.0. The first-order valence-electron chi connectivity index (χ1n) is 13.7. The summed E-state index contributed by atoms with van der Waals surface area (Å²) in [7, 11) is 0. The van der Waals surface area contributed by atoms with Gasteiger partial charge < -0.3 is 10.2 Å². The summed E-state index contributed by atoms with van der Waals surface area (Å²) in [6.45, 7) is 1.65. The predicted molar refractivity (Wildman–Crippen MR) is 134 cm³/mol. The highest BCUT2D eigenvalue weighted by Gasteiger charge is 2.87. The number of hydrogen-bond acceptors (Lipinski definition) is 5. The molecule has 6 aliphatic rings. The standard InChI is InChI=1S/C28H35N3O3S/c32-24-9-8-22(25(33)30-24)31-16-21-20(26(31)34)6-5-7-23(21)35-11-4-2-1-3-10-29-27-14-18-12-17-13-19(15-27)28(17,18)27/h5-7,17-19,22,29H,1-4,8-16H2,(H,30,32,33). The lowest BCUT2D eigenvalue weighted by Gasteiger charge is -2.91. The van der Waals surface area contributed by atoms with E-state index in [-0.39, 0.29) is 24.1 Å². The highest BCUT2D eigenvalue weighted by Crippen LogP contribution is 2.89. The third-order valence-electron chi connectivity index (χ3n) is 10.5. The quantitative estimate of drug-likeness (QED) is 0.294. The maximum atomic E-state index is 13.0. The molecule has 5 fully saturated rings. The number of amides is 3. The summed E-state index contributed by atoms with van der Waals surface area (Å²) in [5.74, 6) is 3.60. The number of piperidine rings is 1. The largest absolute Gasteiger partial charge is 0.322 e. The molecule has 1 aromatic rings. The molecule has 2 aliphatic heterocycles. The lowest BCUT2D eigenvalue weighted by Crippen LogP contribution is -2.92. The van der Waals surface area contributed by atoms with Crippen molar-refractivity contribution < 1.29 is 14.4 Å². The van der Waals surface area contributed by atoms with E-state index < -0.39 is 6.04 Å². The molecular weight excluding hydrogens is 458 g/mol. The van der Waals surface area contributed by atoms with Crippen molar-refractivity contribution in [2.45, 2.75) is 87.2 Å². The normalized spacial score (nSPS) is 37.8. The van der Waals surface area contributed by atoms with Crippen LogP contribution in [0.3, 0.4) is 0 Å². The molecule has 3 unspecified atom stereocenters. The maximum Gasteiger partial charge on any atom is 0.255 e. The van der Waals surface area contributed by atoms with Crippen molar-refractivity contribution in [3.8, 4) is 0 Å². The second kappa shape index (κ2) is 8.07. The Morgan fingerprint density at radius 1 is 1.03 bits per heavy atom. The van der Waals surface area contributed by atoms with E-state index in [1.807, 2.05) is 23.9 Å². The maximum absolute atomic E-state index is 13.0. The van der Waals surface area contributed by atoms with Crippen LogP contribution in [0.25, 0.3) is 0 Å². The molecule has 35 heavy (non-hydrogen) atoms. The molecule has 0 aromatic heterocycles. The fourth-order valence-electron chi connectivity index (χ4n) is 9.02. The van der Waals surface area contributed by atoms with E-state index in [2.05, 4.69) is 16.7 Å². The molecule has 1 saturated heterocycles. The van der Waals surface area contributed by atoms with E-state index in [0.717, 1.165) is 39.4 Å². The van der Waals surface area contributed by atoms with E-state index in [1.54, 1.807) is 4.90 Å². The van der Waals surface area contributed by atoms with Crippen LogP contribution in [-0.4, -0.2) is 46.5 Å². The van der Waals surface area contributed by atoms with Crippen LogP contribution in [0.5, 0.6) is 0 Å². The zero-order valence-corrected chi connectivity index (χ0v) is 21.1. The lowest BCUT2D eigenvalue weighted by atomic mass is 9.15. The molecule has 186 valence electrons. The van der Waals surface area contributed by atoms with Crippen LogP contribution in [0.2, 0.25) is 0 Å². The second-order valence-corrected chi connectivity index (χ2v) is 13.0. The monoisotopic (exact) mass is 493 g/mol. The van der Waals surface area contributed by atoms with E-state index in [1.165, 1.54) is 57.9 Å². The summed E-state index contributed by atoms with van der Waals surface area (Å²) in [4.78, 5) is 39.6. The zero-order valence-electron chi connectivity index (χ0n) is 20.3. The summed E-state index contributed by atoms with van der Waals surface area (Å²) in [5, 5.41) is 6.39. The van der Waals surface area contributed by atoms with Gasteiger partial charge >= 0.3 is 0 Å². The van der Waals surface area contributed by atoms with Gasteiger partial charge in [-0.15, -0.1) is 11.8 Å². The summed E-state index contributed by atoms with van der Waals surface area (Å²) in [5.41, 5.74) is 3.10. The molecule has 3 amide bonds. The SMILES string of the molecule is O=C1CCC(N2Cc3c(SCCCCCCNC45CC6CC7CC(C4)C765)cccc3C2=O)C(=O)N1. The van der Waals surface area contributed by atoms with Crippen molar-refractivity contribution >= 4 is 29.5 Å². The van der Waals surface area contributed by atoms with Gasteiger partial charge in [-0.25, -0.2) is 0 Å². The number of imide groups is 1. The first kappa shape index (κ1) is 22.3. The van der Waals surface area contributed by atoms with Crippen LogP contribution in [0.15, 0.2) is 23.1 Å². The third kappa shape index (κ3) is 3.03. The Balaban J connectivity index is 0.849. The van der Waals surface area contributed by atoms with Crippen molar-refractivity contribution in [1.29, 1.82) is 0 Å². The molecule has 0 bridgehead atoms. The summed E-state index contributed by atoms with van der Waals surface area (Å²) in [6.07, 6.45) is 11.7. The van der Waals surface area contributed by atoms with Gasteiger partial charge in [0.05, 0.1) is 0 Å². The molecule has 4 saturated carbocycles. The Kier molecular flexibility index (Phi) is 5.15. The molecule has 3 atom stereocenters. The fourth-order valence-corrected chi connectivity index (χ4v) is 10.1. The molecule has 7 rings (SSSR count). The van der Waals surface area contributed by atoms with Crippen LogP contribution in [0.1, 0.15) is 80.1 Å². The molecule has 7 heteroatoms. The van der Waals surface area contributed by atoms with Gasteiger partial charge in [0.25, 0.3) is 5.91 Å². The Hall–Kier alpha value is -1.86. The topological polar surface area (TPSA) is 78.5 Å². The third-order valence-corrected chi connectivity index (χ3v) is 11.7. The van der Waals surface area contributed by atoms with E-state index in [0.29, 0.717) is 24.1 Å². The molecular formula is C28H35N3O3S. The molecule has 2 heterocycles. The van der Waals surface area contributed by atoms with Gasteiger partial charge in [-0.2, -0.15) is 0 Å². The van der Waals surface area contributed by atoms with Crippen molar-refractivity contribution in [2.75, 3.05) is 12.3 Å². The van der Waals surface area contributed by atoms with Crippen LogP contribution in [0.4, 0.5) is 0 Å². The molecule has 1 spiro atoms. The Morgan fingerprint density at radius 2 is 1.83 bits per heavy atom. The molecule has 4 aliphatic carbocycles. The van der Waals surface area contributed by atoms with Crippen LogP contribution in [0, 0.1) is 23.2 Å². The number of thioether (sulfide) groups is 1. The predicted octanol–water partition coefficient (Wildman–Crippen LogP) is 3.88. The number of fused-ring (bicyclic) bond motifs is 1. The number of carbonyl (C=O) groups excluding carboxylic acids is 3. The number of unbranched alkanes of at least 4 members (excludes halogenated alkanes) is 3. The van der Waals surface area contributed by atoms with Gasteiger partial charge in [-0.3, -0.25) is 19.7 Å². The summed E-state index contributed by atoms with van der Waals surface area (Å²) >= 11 is 1.83. The second-order valence-electron chi connectivity index (χ2n) is 11.9. The average molecular weight is 494 g/mol. The number of nitrogens with one attached hydrogen (secondary N) is 2. The van der Waals surface area contributed by atoms with Crippen LogP contribution >= 0.6 is 11.8 Å². The minimum atomic E-state index is -0.547.